The van der Waals surface area contributed by atoms with E-state index in [1.165, 1.54) is 32.9 Å². The second-order valence-electron chi connectivity index (χ2n) is 7.48. The molecule has 2 aromatic carbocycles. The lowest BCUT2D eigenvalue weighted by Crippen LogP contribution is -2.36. The van der Waals surface area contributed by atoms with E-state index in [1.54, 1.807) is 24.3 Å². The molecule has 0 spiro atoms. The van der Waals surface area contributed by atoms with Crippen LogP contribution in [0.3, 0.4) is 0 Å². The Morgan fingerprint density at radius 2 is 1.79 bits per heavy atom. The standard InChI is InChI=1S/C20H23FN2O4S2/c21-17-5-1-4-16(14-17)15-19-6-2-11-23(19)29(26,27)20-9-7-18(8-10-20)22-12-3-13-28(22,24)25/h1,4-5,7-10,14,19H,2-3,6,11-13,15H2. The van der Waals surface area contributed by atoms with Gasteiger partial charge < -0.3 is 0 Å². The van der Waals surface area contributed by atoms with Gasteiger partial charge in [0, 0.05) is 19.1 Å². The number of halogens is 1. The van der Waals surface area contributed by atoms with E-state index in [0.29, 0.717) is 31.6 Å². The molecule has 2 aliphatic rings. The second-order valence-corrected chi connectivity index (χ2v) is 11.4. The predicted molar refractivity (Wildman–Crippen MR) is 109 cm³/mol. The highest BCUT2D eigenvalue weighted by Crippen LogP contribution is 2.30. The van der Waals surface area contributed by atoms with E-state index >= 15 is 0 Å². The SMILES string of the molecule is O=S1(=O)CCCN1c1ccc(S(=O)(=O)N2CCCC2Cc2cccc(F)c2)cc1. The summed E-state index contributed by atoms with van der Waals surface area (Å²) in [5, 5.41) is 0. The summed E-state index contributed by atoms with van der Waals surface area (Å²) in [7, 11) is -7.02. The zero-order valence-corrected chi connectivity index (χ0v) is 17.5. The molecule has 2 aliphatic heterocycles. The molecule has 0 bridgehead atoms. The van der Waals surface area contributed by atoms with E-state index in [2.05, 4.69) is 0 Å². The molecule has 0 N–H and O–H groups in total. The maximum absolute atomic E-state index is 13.5. The molecule has 0 radical (unpaired) electrons. The fraction of sp³-hybridized carbons (Fsp3) is 0.400. The number of nitrogens with zero attached hydrogens (tertiary/aromatic N) is 2. The van der Waals surface area contributed by atoms with Crippen molar-refractivity contribution >= 4 is 25.7 Å². The van der Waals surface area contributed by atoms with Crippen LogP contribution < -0.4 is 4.31 Å². The topological polar surface area (TPSA) is 74.8 Å². The summed E-state index contributed by atoms with van der Waals surface area (Å²) in [5.74, 6) is -0.217. The van der Waals surface area contributed by atoms with Crippen molar-refractivity contribution in [1.82, 2.24) is 4.31 Å². The van der Waals surface area contributed by atoms with Gasteiger partial charge in [0.15, 0.2) is 0 Å². The number of benzene rings is 2. The van der Waals surface area contributed by atoms with Gasteiger partial charge in [0.05, 0.1) is 16.3 Å². The van der Waals surface area contributed by atoms with E-state index in [4.69, 9.17) is 0 Å². The third-order valence-corrected chi connectivity index (χ3v) is 9.35. The van der Waals surface area contributed by atoms with Gasteiger partial charge in [-0.25, -0.2) is 21.2 Å². The molecule has 29 heavy (non-hydrogen) atoms. The van der Waals surface area contributed by atoms with Crippen LogP contribution in [-0.4, -0.2) is 46.0 Å². The molecule has 2 aromatic rings. The number of anilines is 1. The van der Waals surface area contributed by atoms with Crippen molar-refractivity contribution in [1.29, 1.82) is 0 Å². The molecule has 9 heteroatoms. The normalized spacial score (nSPS) is 22.2. The molecule has 2 heterocycles. The van der Waals surface area contributed by atoms with Gasteiger partial charge in [-0.1, -0.05) is 12.1 Å². The van der Waals surface area contributed by atoms with Crippen LogP contribution >= 0.6 is 0 Å². The Morgan fingerprint density at radius 1 is 1.03 bits per heavy atom. The Bertz CT molecular complexity index is 1100. The highest BCUT2D eigenvalue weighted by Gasteiger charge is 2.35. The second kappa shape index (κ2) is 7.70. The van der Waals surface area contributed by atoms with E-state index in [-0.39, 0.29) is 22.5 Å². The summed E-state index contributed by atoms with van der Waals surface area (Å²) in [4.78, 5) is 0.143. The molecule has 0 amide bonds. The van der Waals surface area contributed by atoms with Crippen LogP contribution in [0.2, 0.25) is 0 Å². The first-order valence-corrected chi connectivity index (χ1v) is 12.7. The van der Waals surface area contributed by atoms with Crippen LogP contribution in [0.1, 0.15) is 24.8 Å². The minimum absolute atomic E-state index is 0.114. The van der Waals surface area contributed by atoms with Gasteiger partial charge in [-0.05, 0) is 67.6 Å². The van der Waals surface area contributed by atoms with Crippen molar-refractivity contribution in [2.75, 3.05) is 23.1 Å². The van der Waals surface area contributed by atoms with Crippen molar-refractivity contribution < 1.29 is 21.2 Å². The summed E-state index contributed by atoms with van der Waals surface area (Å²) >= 11 is 0. The fourth-order valence-electron chi connectivity index (χ4n) is 4.11. The summed E-state index contributed by atoms with van der Waals surface area (Å²) in [6, 6.07) is 12.1. The molecule has 0 saturated carbocycles. The van der Waals surface area contributed by atoms with Gasteiger partial charge in [0.1, 0.15) is 5.82 Å². The number of hydrogen-bond donors (Lipinski definition) is 0. The third kappa shape index (κ3) is 4.04. The first kappa shape index (κ1) is 20.3. The van der Waals surface area contributed by atoms with Crippen LogP contribution in [0.15, 0.2) is 53.4 Å². The Kier molecular flexibility index (Phi) is 5.39. The van der Waals surface area contributed by atoms with Gasteiger partial charge in [-0.2, -0.15) is 4.31 Å². The third-order valence-electron chi connectivity index (χ3n) is 5.51. The summed E-state index contributed by atoms with van der Waals surface area (Å²) in [6.45, 7) is 0.834. The Balaban J connectivity index is 1.55. The molecule has 1 unspecified atom stereocenters. The first-order chi connectivity index (χ1) is 13.8. The smallest absolute Gasteiger partial charge is 0.243 e. The largest absolute Gasteiger partial charge is 0.270 e. The predicted octanol–water partition coefficient (Wildman–Crippen LogP) is 2.76. The minimum atomic E-state index is -3.72. The Hall–Kier alpha value is -1.97. The van der Waals surface area contributed by atoms with Crippen LogP contribution in [0.25, 0.3) is 0 Å². The van der Waals surface area contributed by atoms with Gasteiger partial charge >= 0.3 is 0 Å². The first-order valence-electron chi connectivity index (χ1n) is 9.64. The zero-order chi connectivity index (χ0) is 20.6. The van der Waals surface area contributed by atoms with Crippen molar-refractivity contribution in [3.05, 3.63) is 59.9 Å². The molecule has 2 saturated heterocycles. The van der Waals surface area contributed by atoms with Crippen LogP contribution in [0, 0.1) is 5.82 Å². The summed E-state index contributed by atoms with van der Waals surface area (Å²) in [5.41, 5.74) is 1.26. The Labute approximate surface area is 171 Å². The monoisotopic (exact) mass is 438 g/mol. The van der Waals surface area contributed by atoms with E-state index in [0.717, 1.165) is 18.4 Å². The van der Waals surface area contributed by atoms with E-state index < -0.39 is 20.0 Å². The van der Waals surface area contributed by atoms with Gasteiger partial charge in [-0.3, -0.25) is 4.31 Å². The van der Waals surface area contributed by atoms with Gasteiger partial charge in [0.25, 0.3) is 0 Å². The van der Waals surface area contributed by atoms with Crippen molar-refractivity contribution in [3.8, 4) is 0 Å². The highest BCUT2D eigenvalue weighted by atomic mass is 32.2. The summed E-state index contributed by atoms with van der Waals surface area (Å²) < 4.78 is 66.8. The van der Waals surface area contributed by atoms with Gasteiger partial charge in [-0.15, -0.1) is 0 Å². The summed E-state index contributed by atoms with van der Waals surface area (Å²) in [6.07, 6.45) is 2.50. The average Bonchev–Trinajstić information content (AvgIpc) is 3.28. The molecule has 0 aromatic heterocycles. The molecule has 2 fully saturated rings. The molecular weight excluding hydrogens is 415 g/mol. The quantitative estimate of drug-likeness (QED) is 0.720. The Morgan fingerprint density at radius 3 is 2.45 bits per heavy atom. The van der Waals surface area contributed by atoms with Crippen molar-refractivity contribution in [2.24, 2.45) is 0 Å². The lowest BCUT2D eigenvalue weighted by atomic mass is 10.0. The number of hydrogen-bond acceptors (Lipinski definition) is 4. The van der Waals surface area contributed by atoms with Gasteiger partial charge in [0.2, 0.25) is 20.0 Å². The average molecular weight is 439 g/mol. The van der Waals surface area contributed by atoms with E-state index in [9.17, 15) is 21.2 Å². The molecule has 156 valence electrons. The van der Waals surface area contributed by atoms with E-state index in [1.807, 2.05) is 0 Å². The molecule has 6 nitrogen and oxygen atoms in total. The van der Waals surface area contributed by atoms with Crippen LogP contribution in [0.4, 0.5) is 10.1 Å². The number of sulfonamides is 2. The molecule has 0 aliphatic carbocycles. The number of rotatable bonds is 5. The lowest BCUT2D eigenvalue weighted by molar-refractivity contribution is 0.385. The molecule has 1 atom stereocenters. The van der Waals surface area contributed by atoms with Crippen LogP contribution in [-0.2, 0) is 26.5 Å². The van der Waals surface area contributed by atoms with Crippen molar-refractivity contribution in [3.63, 3.8) is 0 Å². The van der Waals surface area contributed by atoms with Crippen molar-refractivity contribution in [2.45, 2.75) is 36.6 Å². The minimum Gasteiger partial charge on any atom is -0.270 e. The maximum atomic E-state index is 13.5. The molecular formula is C20H23FN2O4S2. The zero-order valence-electron chi connectivity index (χ0n) is 15.9. The fourth-order valence-corrected chi connectivity index (χ4v) is 7.37. The maximum Gasteiger partial charge on any atom is 0.243 e. The molecule has 4 rings (SSSR count). The highest BCUT2D eigenvalue weighted by molar-refractivity contribution is 7.93. The lowest BCUT2D eigenvalue weighted by Gasteiger charge is -2.25. The van der Waals surface area contributed by atoms with Crippen LogP contribution in [0.5, 0.6) is 0 Å².